The Labute approximate surface area is 78.8 Å². The molecular formula is C10H17NS. The molecule has 0 bridgehead atoms. The lowest BCUT2D eigenvalue weighted by Gasteiger charge is -2.15. The molecule has 0 amide bonds. The van der Waals surface area contributed by atoms with Gasteiger partial charge < -0.3 is 5.32 Å². The summed E-state index contributed by atoms with van der Waals surface area (Å²) in [5, 5.41) is 7.65. The fourth-order valence-corrected chi connectivity index (χ4v) is 2.12. The number of hydrogen-bond donors (Lipinski definition) is 1. The van der Waals surface area contributed by atoms with Crippen LogP contribution in [0.2, 0.25) is 0 Å². The highest BCUT2D eigenvalue weighted by Crippen LogP contribution is 2.22. The van der Waals surface area contributed by atoms with E-state index in [1.54, 1.807) is 11.3 Å². The van der Waals surface area contributed by atoms with Crippen molar-refractivity contribution < 1.29 is 0 Å². The minimum atomic E-state index is 0.611. The minimum absolute atomic E-state index is 0.611. The van der Waals surface area contributed by atoms with Gasteiger partial charge in [-0.1, -0.05) is 6.92 Å². The lowest BCUT2D eigenvalue weighted by atomic mass is 9.97. The Morgan fingerprint density at radius 3 is 2.75 bits per heavy atom. The molecule has 0 aliphatic rings. The van der Waals surface area contributed by atoms with Gasteiger partial charge in [0.15, 0.2) is 0 Å². The van der Waals surface area contributed by atoms with E-state index < -0.39 is 0 Å². The lowest BCUT2D eigenvalue weighted by Crippen LogP contribution is -2.22. The van der Waals surface area contributed by atoms with Crippen LogP contribution in [0, 0.1) is 0 Å². The second-order valence-corrected chi connectivity index (χ2v) is 4.16. The highest BCUT2D eigenvalue weighted by molar-refractivity contribution is 7.07. The molecule has 0 aliphatic carbocycles. The molecule has 0 radical (unpaired) electrons. The Kier molecular flexibility index (Phi) is 3.76. The first kappa shape index (κ1) is 9.75. The van der Waals surface area contributed by atoms with Crippen LogP contribution in [0.5, 0.6) is 0 Å². The van der Waals surface area contributed by atoms with Crippen LogP contribution in [0.1, 0.15) is 31.7 Å². The molecule has 68 valence electrons. The summed E-state index contributed by atoms with van der Waals surface area (Å²) in [6.07, 6.45) is 1.22. The molecule has 0 saturated carbocycles. The molecule has 1 nitrogen and oxygen atoms in total. The normalized spacial score (nSPS) is 15.9. The smallest absolute Gasteiger partial charge is 0.00414 e. The van der Waals surface area contributed by atoms with Crippen LogP contribution in [0.3, 0.4) is 0 Å². The van der Waals surface area contributed by atoms with Crippen molar-refractivity contribution in [3.8, 4) is 0 Å². The van der Waals surface area contributed by atoms with E-state index in [1.165, 1.54) is 12.0 Å². The standard InChI is InChI=1S/C10H17NS/c1-8(6-9(2)11-3)10-4-5-12-7-10/h4-5,7-9,11H,6H2,1-3H3. The molecule has 1 N–H and O–H groups in total. The first-order valence-electron chi connectivity index (χ1n) is 4.43. The number of nitrogens with one attached hydrogen (secondary N) is 1. The quantitative estimate of drug-likeness (QED) is 0.757. The average molecular weight is 183 g/mol. The second kappa shape index (κ2) is 4.63. The largest absolute Gasteiger partial charge is 0.317 e. The summed E-state index contributed by atoms with van der Waals surface area (Å²) >= 11 is 1.78. The summed E-state index contributed by atoms with van der Waals surface area (Å²) in [5.74, 6) is 0.679. The van der Waals surface area contributed by atoms with Gasteiger partial charge in [0.25, 0.3) is 0 Å². The van der Waals surface area contributed by atoms with Gasteiger partial charge in [-0.05, 0) is 48.7 Å². The van der Waals surface area contributed by atoms with Crippen LogP contribution in [0.15, 0.2) is 16.8 Å². The van der Waals surface area contributed by atoms with Crippen LogP contribution < -0.4 is 5.32 Å². The third-order valence-electron chi connectivity index (χ3n) is 2.31. The molecule has 0 spiro atoms. The number of hydrogen-bond acceptors (Lipinski definition) is 2. The Balaban J connectivity index is 2.44. The van der Waals surface area contributed by atoms with Crippen molar-refractivity contribution in [2.24, 2.45) is 0 Å². The van der Waals surface area contributed by atoms with E-state index in [-0.39, 0.29) is 0 Å². The summed E-state index contributed by atoms with van der Waals surface area (Å²) in [6, 6.07) is 2.83. The molecule has 2 unspecified atom stereocenters. The maximum Gasteiger partial charge on any atom is 0.00414 e. The Hall–Kier alpha value is -0.340. The summed E-state index contributed by atoms with van der Waals surface area (Å²) in [6.45, 7) is 4.51. The first-order chi connectivity index (χ1) is 5.74. The summed E-state index contributed by atoms with van der Waals surface area (Å²) < 4.78 is 0. The zero-order valence-electron chi connectivity index (χ0n) is 8.00. The van der Waals surface area contributed by atoms with Crippen molar-refractivity contribution in [1.82, 2.24) is 5.32 Å². The van der Waals surface area contributed by atoms with Crippen molar-refractivity contribution in [2.45, 2.75) is 32.2 Å². The van der Waals surface area contributed by atoms with Crippen LogP contribution in [-0.2, 0) is 0 Å². The third-order valence-corrected chi connectivity index (χ3v) is 3.01. The van der Waals surface area contributed by atoms with Crippen molar-refractivity contribution in [3.05, 3.63) is 22.4 Å². The van der Waals surface area contributed by atoms with E-state index >= 15 is 0 Å². The molecule has 0 aromatic carbocycles. The van der Waals surface area contributed by atoms with E-state index in [0.29, 0.717) is 12.0 Å². The van der Waals surface area contributed by atoms with Gasteiger partial charge in [0.1, 0.15) is 0 Å². The minimum Gasteiger partial charge on any atom is -0.317 e. The Morgan fingerprint density at radius 2 is 2.25 bits per heavy atom. The zero-order valence-corrected chi connectivity index (χ0v) is 8.82. The van der Waals surface area contributed by atoms with Gasteiger partial charge in [0.2, 0.25) is 0 Å². The fraction of sp³-hybridized carbons (Fsp3) is 0.600. The molecule has 0 saturated heterocycles. The van der Waals surface area contributed by atoms with E-state index in [4.69, 9.17) is 0 Å². The average Bonchev–Trinajstić information content (AvgIpc) is 2.56. The van der Waals surface area contributed by atoms with Crippen LogP contribution in [0.25, 0.3) is 0 Å². The van der Waals surface area contributed by atoms with Crippen molar-refractivity contribution in [1.29, 1.82) is 0 Å². The SMILES string of the molecule is CNC(C)CC(C)c1ccsc1. The van der Waals surface area contributed by atoms with Gasteiger partial charge in [-0.25, -0.2) is 0 Å². The molecule has 0 fully saturated rings. The van der Waals surface area contributed by atoms with Gasteiger partial charge in [0, 0.05) is 6.04 Å². The fourth-order valence-electron chi connectivity index (χ4n) is 1.34. The van der Waals surface area contributed by atoms with E-state index in [2.05, 4.69) is 36.0 Å². The van der Waals surface area contributed by atoms with Crippen LogP contribution in [-0.4, -0.2) is 13.1 Å². The lowest BCUT2D eigenvalue weighted by molar-refractivity contribution is 0.517. The summed E-state index contributed by atoms with van der Waals surface area (Å²) in [7, 11) is 2.02. The highest BCUT2D eigenvalue weighted by Gasteiger charge is 2.08. The molecule has 1 aromatic heterocycles. The van der Waals surface area contributed by atoms with Gasteiger partial charge >= 0.3 is 0 Å². The molecule has 0 aliphatic heterocycles. The Bertz CT molecular complexity index is 206. The summed E-state index contributed by atoms with van der Waals surface area (Å²) in [5.41, 5.74) is 1.47. The van der Waals surface area contributed by atoms with Gasteiger partial charge in [-0.2, -0.15) is 11.3 Å². The maximum atomic E-state index is 3.26. The second-order valence-electron chi connectivity index (χ2n) is 3.38. The molecule has 1 rings (SSSR count). The van der Waals surface area contributed by atoms with Gasteiger partial charge in [0.05, 0.1) is 0 Å². The van der Waals surface area contributed by atoms with Gasteiger partial charge in [-0.15, -0.1) is 0 Å². The molecule has 1 aromatic rings. The van der Waals surface area contributed by atoms with E-state index in [0.717, 1.165) is 0 Å². The predicted molar refractivity (Wildman–Crippen MR) is 55.9 cm³/mol. The first-order valence-corrected chi connectivity index (χ1v) is 5.37. The zero-order chi connectivity index (χ0) is 8.97. The number of thiophene rings is 1. The highest BCUT2D eigenvalue weighted by atomic mass is 32.1. The van der Waals surface area contributed by atoms with Crippen LogP contribution in [0.4, 0.5) is 0 Å². The number of rotatable bonds is 4. The molecule has 2 atom stereocenters. The topological polar surface area (TPSA) is 12.0 Å². The maximum absolute atomic E-state index is 3.26. The third kappa shape index (κ3) is 2.61. The molecule has 2 heteroatoms. The van der Waals surface area contributed by atoms with Crippen molar-refractivity contribution in [2.75, 3.05) is 7.05 Å². The van der Waals surface area contributed by atoms with Crippen molar-refractivity contribution >= 4 is 11.3 Å². The van der Waals surface area contributed by atoms with E-state index in [1.807, 2.05) is 7.05 Å². The molecule has 1 heterocycles. The predicted octanol–water partition coefficient (Wildman–Crippen LogP) is 2.85. The Morgan fingerprint density at radius 1 is 1.50 bits per heavy atom. The monoisotopic (exact) mass is 183 g/mol. The molecule has 12 heavy (non-hydrogen) atoms. The molecular weight excluding hydrogens is 166 g/mol. The van der Waals surface area contributed by atoms with Crippen LogP contribution >= 0.6 is 11.3 Å². The van der Waals surface area contributed by atoms with E-state index in [9.17, 15) is 0 Å². The van der Waals surface area contributed by atoms with Gasteiger partial charge in [-0.3, -0.25) is 0 Å². The van der Waals surface area contributed by atoms with Crippen molar-refractivity contribution in [3.63, 3.8) is 0 Å². The summed E-state index contributed by atoms with van der Waals surface area (Å²) in [4.78, 5) is 0.